The number of nitrogens with zero attached hydrogens (tertiary/aromatic N) is 5. The second kappa shape index (κ2) is 13.9. The van der Waals surface area contributed by atoms with Crippen LogP contribution in [0.1, 0.15) is 38.7 Å². The fourth-order valence-corrected chi connectivity index (χ4v) is 7.30. The Bertz CT molecular complexity index is 1380. The lowest BCUT2D eigenvalue weighted by molar-refractivity contribution is 0.0515. The minimum atomic E-state index is -0.0824. The summed E-state index contributed by atoms with van der Waals surface area (Å²) in [6.45, 7) is 12.5. The number of aromatic nitrogens is 2. The first-order valence-electron chi connectivity index (χ1n) is 15.9. The molecular formula is C34H44ClN7OS. The van der Waals surface area contributed by atoms with E-state index in [2.05, 4.69) is 87.7 Å². The standard InChI is InChI=1S/C34H44ClN7OS/c1-25-20-26(2)23-42(22-25)31-21-30(41-16-14-40(15-17-41)29-6-4-3-5-7-29)37-32(38-31)39-33(44)36-24-34(12-18-43-19-13-34)27-8-10-28(35)11-9-27/h3-11,21,25-26H,12-20,22-24H2,1-2H3,(H2,36,37,38,39,44)/t25-,26+. The first-order chi connectivity index (χ1) is 21.4. The van der Waals surface area contributed by atoms with E-state index < -0.39 is 0 Å². The van der Waals surface area contributed by atoms with Crippen molar-refractivity contribution < 1.29 is 4.74 Å². The zero-order chi connectivity index (χ0) is 30.5. The van der Waals surface area contributed by atoms with Gasteiger partial charge in [0.2, 0.25) is 5.95 Å². The molecule has 0 saturated carbocycles. The molecule has 1 aromatic heterocycles. The molecule has 0 radical (unpaired) electrons. The molecule has 0 amide bonds. The van der Waals surface area contributed by atoms with Crippen molar-refractivity contribution in [1.82, 2.24) is 15.3 Å². The number of nitrogens with one attached hydrogen (secondary N) is 2. The number of para-hydroxylation sites is 1. The minimum Gasteiger partial charge on any atom is -0.381 e. The van der Waals surface area contributed by atoms with Gasteiger partial charge in [-0.1, -0.05) is 55.8 Å². The van der Waals surface area contributed by atoms with E-state index in [0.29, 0.717) is 29.4 Å². The molecule has 0 aliphatic carbocycles. The van der Waals surface area contributed by atoms with Gasteiger partial charge in [-0.15, -0.1) is 0 Å². The third-order valence-corrected chi connectivity index (χ3v) is 9.83. The highest BCUT2D eigenvalue weighted by Gasteiger charge is 2.35. The van der Waals surface area contributed by atoms with E-state index in [1.54, 1.807) is 0 Å². The van der Waals surface area contributed by atoms with E-state index >= 15 is 0 Å². The van der Waals surface area contributed by atoms with Crippen molar-refractivity contribution in [2.24, 2.45) is 11.8 Å². The fraction of sp³-hybridized carbons (Fsp3) is 0.500. The van der Waals surface area contributed by atoms with Crippen LogP contribution >= 0.6 is 23.8 Å². The summed E-state index contributed by atoms with van der Waals surface area (Å²) in [5, 5.41) is 8.14. The highest BCUT2D eigenvalue weighted by atomic mass is 35.5. The third kappa shape index (κ3) is 7.38. The Morgan fingerprint density at radius 2 is 1.50 bits per heavy atom. The zero-order valence-corrected chi connectivity index (χ0v) is 27.4. The van der Waals surface area contributed by atoms with Crippen molar-refractivity contribution in [2.45, 2.75) is 38.5 Å². The molecule has 10 heteroatoms. The van der Waals surface area contributed by atoms with Crippen LogP contribution in [-0.4, -0.2) is 74.1 Å². The topological polar surface area (TPSA) is 68.8 Å². The summed E-state index contributed by atoms with van der Waals surface area (Å²) in [6.07, 6.45) is 3.08. The number of hydrogen-bond donors (Lipinski definition) is 2. The molecule has 8 nitrogen and oxygen atoms in total. The lowest BCUT2D eigenvalue weighted by Gasteiger charge is -2.39. The average molecular weight is 634 g/mol. The molecule has 2 N–H and O–H groups in total. The van der Waals surface area contributed by atoms with Crippen molar-refractivity contribution >= 4 is 52.2 Å². The smallest absolute Gasteiger partial charge is 0.232 e. The number of hydrogen-bond acceptors (Lipinski definition) is 7. The van der Waals surface area contributed by atoms with Gasteiger partial charge in [0.15, 0.2) is 5.11 Å². The number of halogens is 1. The molecule has 3 fully saturated rings. The van der Waals surface area contributed by atoms with Gasteiger partial charge in [0.05, 0.1) is 0 Å². The van der Waals surface area contributed by atoms with E-state index in [4.69, 9.17) is 38.5 Å². The van der Waals surface area contributed by atoms with E-state index in [9.17, 15) is 0 Å². The van der Waals surface area contributed by atoms with Gasteiger partial charge < -0.3 is 30.1 Å². The number of rotatable bonds is 7. The van der Waals surface area contributed by atoms with Crippen LogP contribution in [0.5, 0.6) is 0 Å². The molecule has 0 bridgehead atoms. The lowest BCUT2D eigenvalue weighted by atomic mass is 9.74. The van der Waals surface area contributed by atoms with Crippen LogP contribution in [0.4, 0.5) is 23.3 Å². The molecule has 0 unspecified atom stereocenters. The van der Waals surface area contributed by atoms with Crippen LogP contribution < -0.4 is 25.3 Å². The van der Waals surface area contributed by atoms with Crippen LogP contribution in [0.2, 0.25) is 5.02 Å². The minimum absolute atomic E-state index is 0.0824. The van der Waals surface area contributed by atoms with Gasteiger partial charge >= 0.3 is 0 Å². The average Bonchev–Trinajstić information content (AvgIpc) is 3.04. The first-order valence-corrected chi connectivity index (χ1v) is 16.7. The van der Waals surface area contributed by atoms with Crippen LogP contribution in [0, 0.1) is 11.8 Å². The Hall–Kier alpha value is -3.14. The largest absolute Gasteiger partial charge is 0.381 e. The molecule has 6 rings (SSSR count). The van der Waals surface area contributed by atoms with Crippen LogP contribution in [0.25, 0.3) is 0 Å². The molecule has 2 atom stereocenters. The molecule has 234 valence electrons. The quantitative estimate of drug-likeness (QED) is 0.306. The number of ether oxygens (including phenoxy) is 1. The van der Waals surface area contributed by atoms with Gasteiger partial charge in [0, 0.05) is 81.2 Å². The lowest BCUT2D eigenvalue weighted by Crippen LogP contribution is -2.47. The molecule has 4 heterocycles. The summed E-state index contributed by atoms with van der Waals surface area (Å²) in [5.41, 5.74) is 2.44. The van der Waals surface area contributed by atoms with Gasteiger partial charge in [0.1, 0.15) is 11.6 Å². The Morgan fingerprint density at radius 1 is 0.886 bits per heavy atom. The zero-order valence-electron chi connectivity index (χ0n) is 25.8. The van der Waals surface area contributed by atoms with Gasteiger partial charge in [-0.3, -0.25) is 0 Å². The van der Waals surface area contributed by atoms with E-state index in [0.717, 1.165) is 82.0 Å². The first kappa shape index (κ1) is 30.9. The summed E-state index contributed by atoms with van der Waals surface area (Å²) in [5.74, 6) is 3.69. The molecule has 3 saturated heterocycles. The number of benzene rings is 2. The molecule has 3 aliphatic heterocycles. The molecule has 2 aromatic carbocycles. The Labute approximate surface area is 272 Å². The Morgan fingerprint density at radius 3 is 2.16 bits per heavy atom. The molecule has 3 aromatic rings. The highest BCUT2D eigenvalue weighted by molar-refractivity contribution is 7.80. The van der Waals surface area contributed by atoms with Crippen molar-refractivity contribution in [1.29, 1.82) is 0 Å². The normalized spacial score (nSPS) is 22.0. The van der Waals surface area contributed by atoms with E-state index in [1.807, 2.05) is 12.1 Å². The fourth-order valence-electron chi connectivity index (χ4n) is 7.01. The number of thiocarbonyl (C=S) groups is 1. The SMILES string of the molecule is C[C@@H]1C[C@H](C)CN(c2cc(N3CCN(c4ccccc4)CC3)nc(NC(=S)NCC3(c4ccc(Cl)cc4)CCOCC3)n2)C1. The molecular weight excluding hydrogens is 590 g/mol. The second-order valence-corrected chi connectivity index (χ2v) is 13.6. The summed E-state index contributed by atoms with van der Waals surface area (Å²) in [6, 6.07) is 21.0. The summed E-state index contributed by atoms with van der Waals surface area (Å²) in [4.78, 5) is 17.2. The monoisotopic (exact) mass is 633 g/mol. The number of anilines is 4. The molecule has 0 spiro atoms. The summed E-state index contributed by atoms with van der Waals surface area (Å²) < 4.78 is 5.73. The van der Waals surface area contributed by atoms with Crippen molar-refractivity contribution in [3.63, 3.8) is 0 Å². The Balaban J connectivity index is 1.19. The predicted octanol–water partition coefficient (Wildman–Crippen LogP) is 5.97. The van der Waals surface area contributed by atoms with Crippen LogP contribution in [-0.2, 0) is 10.2 Å². The van der Waals surface area contributed by atoms with E-state index in [1.165, 1.54) is 17.7 Å². The van der Waals surface area contributed by atoms with Gasteiger partial charge in [-0.2, -0.15) is 9.97 Å². The number of piperazine rings is 1. The van der Waals surface area contributed by atoms with Crippen molar-refractivity contribution in [2.75, 3.05) is 79.0 Å². The predicted molar refractivity (Wildman–Crippen MR) is 185 cm³/mol. The highest BCUT2D eigenvalue weighted by Crippen LogP contribution is 2.35. The van der Waals surface area contributed by atoms with Crippen molar-refractivity contribution in [3.8, 4) is 0 Å². The van der Waals surface area contributed by atoms with Gasteiger partial charge in [-0.05, 0) is 73.1 Å². The summed E-state index contributed by atoms with van der Waals surface area (Å²) >= 11 is 12.1. The number of piperidine rings is 1. The summed E-state index contributed by atoms with van der Waals surface area (Å²) in [7, 11) is 0. The Kier molecular flexibility index (Phi) is 9.74. The third-order valence-electron chi connectivity index (χ3n) is 9.34. The van der Waals surface area contributed by atoms with Crippen LogP contribution in [0.3, 0.4) is 0 Å². The van der Waals surface area contributed by atoms with Crippen LogP contribution in [0.15, 0.2) is 60.7 Å². The van der Waals surface area contributed by atoms with Gasteiger partial charge in [0.25, 0.3) is 0 Å². The van der Waals surface area contributed by atoms with Gasteiger partial charge in [-0.25, -0.2) is 0 Å². The molecule has 3 aliphatic rings. The maximum absolute atomic E-state index is 6.21. The maximum Gasteiger partial charge on any atom is 0.232 e. The van der Waals surface area contributed by atoms with E-state index in [-0.39, 0.29) is 5.41 Å². The second-order valence-electron chi connectivity index (χ2n) is 12.8. The van der Waals surface area contributed by atoms with Crippen molar-refractivity contribution in [3.05, 3.63) is 71.2 Å². The maximum atomic E-state index is 6.21. The molecule has 44 heavy (non-hydrogen) atoms.